The summed E-state index contributed by atoms with van der Waals surface area (Å²) in [4.78, 5) is 13.0. The molecule has 7 nitrogen and oxygen atoms in total. The highest BCUT2D eigenvalue weighted by molar-refractivity contribution is 9.10. The third-order valence-electron chi connectivity index (χ3n) is 9.35. The quantitative estimate of drug-likeness (QED) is 0.0925. The minimum absolute atomic E-state index is 0.201. The van der Waals surface area contributed by atoms with Gasteiger partial charge in [0.25, 0.3) is 0 Å². The van der Waals surface area contributed by atoms with E-state index in [9.17, 15) is 4.79 Å². The molecule has 0 saturated carbocycles. The maximum atomic E-state index is 13.0. The number of rotatable bonds is 16. The number of carbonyl (C=O) groups is 1. The molecule has 1 aliphatic heterocycles. The van der Waals surface area contributed by atoms with E-state index in [1.807, 2.05) is 147 Å². The van der Waals surface area contributed by atoms with Crippen LogP contribution < -0.4 is 0 Å². The van der Waals surface area contributed by atoms with Gasteiger partial charge in [0, 0.05) is 17.0 Å². The average molecular weight is 780 g/mol. The third-order valence-corrected chi connectivity index (χ3v) is 9.81. The summed E-state index contributed by atoms with van der Waals surface area (Å²) in [5.41, 5.74) is 6.82. The molecule has 1 heterocycles. The molecule has 6 atom stereocenters. The highest BCUT2D eigenvalue weighted by atomic mass is 79.9. The standard InChI is InChI=1S/C45H47BrO7/c1-31-24-38(46)25-32(2)40(31)42(52-33(3)47)45-44(51-29-37-22-14-7-15-23-37)43(50-28-36-20-12-6-13-21-36)41(49-27-35-18-10-5-11-19-35)39(53-45)30-48-26-34-16-8-4-9-17-34/h4-25,39,41-45H,26-30H2,1-3H3/t39-,41-,42-,43+,44+,45-/m1/s1. The molecule has 5 aromatic carbocycles. The van der Waals surface area contributed by atoms with E-state index in [1.165, 1.54) is 6.92 Å². The van der Waals surface area contributed by atoms with Crippen molar-refractivity contribution in [2.75, 3.05) is 6.61 Å². The molecule has 276 valence electrons. The maximum absolute atomic E-state index is 13.0. The summed E-state index contributed by atoms with van der Waals surface area (Å²) >= 11 is 3.64. The van der Waals surface area contributed by atoms with Crippen LogP contribution in [0, 0.1) is 13.8 Å². The van der Waals surface area contributed by atoms with Gasteiger partial charge >= 0.3 is 5.97 Å². The minimum atomic E-state index is -0.823. The molecule has 0 radical (unpaired) electrons. The van der Waals surface area contributed by atoms with Gasteiger partial charge in [-0.15, -0.1) is 0 Å². The Morgan fingerprint density at radius 2 is 1.04 bits per heavy atom. The normalized spacial score (nSPS) is 20.5. The highest BCUT2D eigenvalue weighted by Gasteiger charge is 2.52. The van der Waals surface area contributed by atoms with Crippen LogP contribution in [0.15, 0.2) is 138 Å². The predicted octanol–water partition coefficient (Wildman–Crippen LogP) is 9.41. The lowest BCUT2D eigenvalue weighted by molar-refractivity contribution is -0.289. The van der Waals surface area contributed by atoms with Crippen molar-refractivity contribution >= 4 is 21.9 Å². The third kappa shape index (κ3) is 10.7. The second kappa shape index (κ2) is 19.3. The molecule has 0 aromatic heterocycles. The lowest BCUT2D eigenvalue weighted by Crippen LogP contribution is -2.62. The Bertz CT molecular complexity index is 1830. The van der Waals surface area contributed by atoms with E-state index >= 15 is 0 Å². The monoisotopic (exact) mass is 778 g/mol. The molecule has 0 N–H and O–H groups in total. The number of carbonyl (C=O) groups excluding carboxylic acids is 1. The number of hydrogen-bond acceptors (Lipinski definition) is 7. The Morgan fingerprint density at radius 1 is 0.623 bits per heavy atom. The van der Waals surface area contributed by atoms with Gasteiger partial charge in [0.05, 0.1) is 33.0 Å². The van der Waals surface area contributed by atoms with Crippen molar-refractivity contribution in [3.8, 4) is 0 Å². The maximum Gasteiger partial charge on any atom is 0.303 e. The van der Waals surface area contributed by atoms with Crippen LogP contribution in [0.2, 0.25) is 0 Å². The summed E-state index contributed by atoms with van der Waals surface area (Å²) in [5.74, 6) is -0.428. The molecule has 1 saturated heterocycles. The highest BCUT2D eigenvalue weighted by Crippen LogP contribution is 2.40. The number of halogens is 1. The topological polar surface area (TPSA) is 72.5 Å². The zero-order valence-electron chi connectivity index (χ0n) is 30.4. The van der Waals surface area contributed by atoms with Gasteiger partial charge in [0.2, 0.25) is 0 Å². The van der Waals surface area contributed by atoms with E-state index in [-0.39, 0.29) is 13.2 Å². The number of aryl methyl sites for hydroxylation is 2. The zero-order chi connectivity index (χ0) is 37.0. The SMILES string of the molecule is CC(=O)O[C@H](c1c(C)cc(Br)cc1C)[C@H]1O[C@H](COCc2ccccc2)[C@@H](OCc2ccccc2)[C@H](OCc2ccccc2)[C@@H]1OCc1ccccc1. The molecular weight excluding hydrogens is 732 g/mol. The van der Waals surface area contributed by atoms with Gasteiger partial charge in [-0.1, -0.05) is 137 Å². The van der Waals surface area contributed by atoms with E-state index in [2.05, 4.69) is 15.9 Å². The van der Waals surface area contributed by atoms with Crippen molar-refractivity contribution < 1.29 is 33.2 Å². The van der Waals surface area contributed by atoms with Crippen molar-refractivity contribution in [2.24, 2.45) is 0 Å². The van der Waals surface area contributed by atoms with Crippen LogP contribution in [0.4, 0.5) is 0 Å². The summed E-state index contributed by atoms with van der Waals surface area (Å²) in [6.07, 6.45) is -4.21. The van der Waals surface area contributed by atoms with Crippen molar-refractivity contribution in [3.05, 3.63) is 177 Å². The van der Waals surface area contributed by atoms with Gasteiger partial charge in [0.15, 0.2) is 6.10 Å². The molecule has 0 aliphatic carbocycles. The molecule has 0 bridgehead atoms. The van der Waals surface area contributed by atoms with Crippen LogP contribution in [0.3, 0.4) is 0 Å². The first kappa shape index (κ1) is 38.6. The first-order valence-corrected chi connectivity index (χ1v) is 18.8. The lowest BCUT2D eigenvalue weighted by atomic mass is 9.86. The van der Waals surface area contributed by atoms with Gasteiger partial charge in [-0.3, -0.25) is 4.79 Å². The lowest BCUT2D eigenvalue weighted by Gasteiger charge is -2.48. The number of hydrogen-bond donors (Lipinski definition) is 0. The van der Waals surface area contributed by atoms with Crippen molar-refractivity contribution in [1.29, 1.82) is 0 Å². The van der Waals surface area contributed by atoms with Crippen LogP contribution in [0.1, 0.15) is 52.0 Å². The predicted molar refractivity (Wildman–Crippen MR) is 208 cm³/mol. The second-order valence-corrected chi connectivity index (χ2v) is 14.3. The second-order valence-electron chi connectivity index (χ2n) is 13.4. The van der Waals surface area contributed by atoms with Gasteiger partial charge in [-0.05, 0) is 59.4 Å². The Labute approximate surface area is 321 Å². The molecule has 8 heteroatoms. The van der Waals surface area contributed by atoms with Gasteiger partial charge in [-0.2, -0.15) is 0 Å². The van der Waals surface area contributed by atoms with E-state index in [1.54, 1.807) is 0 Å². The van der Waals surface area contributed by atoms with Crippen LogP contribution in [-0.4, -0.2) is 43.1 Å². The van der Waals surface area contributed by atoms with E-state index in [0.29, 0.717) is 19.8 Å². The van der Waals surface area contributed by atoms with Crippen LogP contribution >= 0.6 is 15.9 Å². The van der Waals surface area contributed by atoms with Crippen molar-refractivity contribution in [3.63, 3.8) is 0 Å². The molecule has 0 amide bonds. The molecule has 1 fully saturated rings. The first-order chi connectivity index (χ1) is 25.9. The molecule has 0 spiro atoms. The number of ether oxygens (including phenoxy) is 6. The van der Waals surface area contributed by atoms with Gasteiger partial charge < -0.3 is 28.4 Å². The van der Waals surface area contributed by atoms with E-state index in [0.717, 1.165) is 43.4 Å². The Hall–Kier alpha value is -4.15. The Morgan fingerprint density at radius 3 is 1.49 bits per heavy atom. The molecule has 53 heavy (non-hydrogen) atoms. The molecule has 1 aliphatic rings. The van der Waals surface area contributed by atoms with Crippen molar-refractivity contribution in [2.45, 2.75) is 83.8 Å². The smallest absolute Gasteiger partial charge is 0.303 e. The number of esters is 1. The molecular formula is C45H47BrO7. The number of benzene rings is 5. The van der Waals surface area contributed by atoms with Gasteiger partial charge in [-0.25, -0.2) is 0 Å². The molecule has 6 rings (SSSR count). The van der Waals surface area contributed by atoms with Crippen molar-refractivity contribution in [1.82, 2.24) is 0 Å². The van der Waals surface area contributed by atoms with E-state index < -0.39 is 42.6 Å². The Balaban J connectivity index is 1.43. The summed E-state index contributed by atoms with van der Waals surface area (Å²) in [5, 5.41) is 0. The molecule has 0 unspecified atom stereocenters. The van der Waals surface area contributed by atoms with Gasteiger partial charge in [0.1, 0.15) is 30.5 Å². The fraction of sp³-hybridized carbons (Fsp3) is 0.311. The first-order valence-electron chi connectivity index (χ1n) is 18.0. The fourth-order valence-corrected chi connectivity index (χ4v) is 7.60. The summed E-state index contributed by atoms with van der Waals surface area (Å²) in [6, 6.07) is 44.2. The summed E-state index contributed by atoms with van der Waals surface area (Å²) in [7, 11) is 0. The van der Waals surface area contributed by atoms with Crippen LogP contribution in [0.5, 0.6) is 0 Å². The largest absolute Gasteiger partial charge is 0.455 e. The minimum Gasteiger partial charge on any atom is -0.455 e. The van der Waals surface area contributed by atoms with E-state index in [4.69, 9.17) is 28.4 Å². The zero-order valence-corrected chi connectivity index (χ0v) is 32.0. The summed E-state index contributed by atoms with van der Waals surface area (Å²) < 4.78 is 41.4. The molecule has 5 aromatic rings. The average Bonchev–Trinajstić information content (AvgIpc) is 3.16. The summed E-state index contributed by atoms with van der Waals surface area (Å²) in [6.45, 7) is 6.95. The van der Waals surface area contributed by atoms with Crippen LogP contribution in [0.25, 0.3) is 0 Å². The Kier molecular flexibility index (Phi) is 14.0. The van der Waals surface area contributed by atoms with Crippen LogP contribution in [-0.2, 0) is 59.6 Å². The fourth-order valence-electron chi connectivity index (χ4n) is 6.91.